The Morgan fingerprint density at radius 2 is 1.92 bits per heavy atom. The number of imide groups is 1. The first-order chi connectivity index (χ1) is 17.8. The summed E-state index contributed by atoms with van der Waals surface area (Å²) in [5.41, 5.74) is 0.942. The second-order valence-corrected chi connectivity index (χ2v) is 8.64. The number of non-ortho nitro benzene ring substituents is 1. The van der Waals surface area contributed by atoms with Crippen molar-refractivity contribution in [3.63, 3.8) is 0 Å². The molecule has 0 bridgehead atoms. The minimum atomic E-state index is -0.595. The van der Waals surface area contributed by atoms with Crippen molar-refractivity contribution in [1.82, 2.24) is 4.90 Å². The summed E-state index contributed by atoms with van der Waals surface area (Å²) in [6.45, 7) is -0.0481. The first kappa shape index (κ1) is 25.5. The zero-order valence-corrected chi connectivity index (χ0v) is 20.5. The van der Waals surface area contributed by atoms with Crippen LogP contribution in [0.3, 0.4) is 0 Å². The van der Waals surface area contributed by atoms with E-state index in [-0.39, 0.29) is 29.5 Å². The van der Waals surface area contributed by atoms with Crippen molar-refractivity contribution in [3.8, 4) is 11.5 Å². The second-order valence-electron chi connectivity index (χ2n) is 7.65. The van der Waals surface area contributed by atoms with Crippen LogP contribution in [0.25, 0.3) is 6.08 Å². The molecule has 0 atom stereocenters. The van der Waals surface area contributed by atoms with E-state index in [2.05, 4.69) is 4.74 Å². The Bertz CT molecular complexity index is 1410. The summed E-state index contributed by atoms with van der Waals surface area (Å²) in [7, 11) is 2.71. The van der Waals surface area contributed by atoms with Gasteiger partial charge in [-0.25, -0.2) is 4.79 Å². The lowest BCUT2D eigenvalue weighted by Gasteiger charge is -2.12. The number of nitrogens with zero attached hydrogens (tertiary/aromatic N) is 2. The molecule has 37 heavy (non-hydrogen) atoms. The summed E-state index contributed by atoms with van der Waals surface area (Å²) in [6, 6.07) is 13.8. The highest BCUT2D eigenvalue weighted by molar-refractivity contribution is 8.18. The molecule has 0 unspecified atom stereocenters. The van der Waals surface area contributed by atoms with Crippen LogP contribution in [0.5, 0.6) is 11.5 Å². The number of esters is 1. The molecule has 1 aliphatic heterocycles. The van der Waals surface area contributed by atoms with Crippen LogP contribution in [0.1, 0.15) is 27.4 Å². The Hall–Kier alpha value is -4.58. The number of hydrogen-bond acceptors (Lipinski definition) is 10. The Morgan fingerprint density at radius 3 is 2.65 bits per heavy atom. The Labute approximate surface area is 214 Å². The fourth-order valence-corrected chi connectivity index (χ4v) is 4.28. The van der Waals surface area contributed by atoms with E-state index < -0.39 is 22.0 Å². The van der Waals surface area contributed by atoms with E-state index in [9.17, 15) is 24.5 Å². The Kier molecular flexibility index (Phi) is 7.58. The maximum atomic E-state index is 12.9. The van der Waals surface area contributed by atoms with Gasteiger partial charge in [0.1, 0.15) is 12.4 Å². The van der Waals surface area contributed by atoms with Crippen LogP contribution >= 0.6 is 11.8 Å². The quantitative estimate of drug-likeness (QED) is 0.166. The molecule has 0 spiro atoms. The van der Waals surface area contributed by atoms with Gasteiger partial charge in [0, 0.05) is 12.1 Å². The molecule has 11 nitrogen and oxygen atoms in total. The van der Waals surface area contributed by atoms with Gasteiger partial charge in [-0.3, -0.25) is 24.6 Å². The third-order valence-electron chi connectivity index (χ3n) is 5.24. The van der Waals surface area contributed by atoms with Gasteiger partial charge >= 0.3 is 5.97 Å². The van der Waals surface area contributed by atoms with Gasteiger partial charge in [0.15, 0.2) is 11.5 Å². The van der Waals surface area contributed by atoms with E-state index in [4.69, 9.17) is 13.9 Å². The number of methoxy groups -OCH3 is 2. The molecular formula is C25H20N2O9S. The predicted molar refractivity (Wildman–Crippen MR) is 132 cm³/mol. The number of nitro groups is 1. The molecule has 3 aromatic rings. The number of amides is 2. The van der Waals surface area contributed by atoms with E-state index in [1.807, 2.05) is 0 Å². The lowest BCUT2D eigenvalue weighted by molar-refractivity contribution is -0.384. The van der Waals surface area contributed by atoms with Gasteiger partial charge in [-0.05, 0) is 53.2 Å². The fourth-order valence-electron chi connectivity index (χ4n) is 3.45. The molecule has 0 saturated carbocycles. The number of hydrogen-bond donors (Lipinski definition) is 0. The van der Waals surface area contributed by atoms with Crippen LogP contribution < -0.4 is 9.47 Å². The van der Waals surface area contributed by atoms with Gasteiger partial charge in [-0.2, -0.15) is 0 Å². The first-order valence-corrected chi connectivity index (χ1v) is 11.6. The van der Waals surface area contributed by atoms with Crippen molar-refractivity contribution >= 4 is 40.6 Å². The number of carbonyl (C=O) groups is 3. The van der Waals surface area contributed by atoms with Gasteiger partial charge in [-0.15, -0.1) is 0 Å². The number of carbonyl (C=O) groups excluding carboxylic acids is 3. The molecule has 190 valence electrons. The highest BCUT2D eigenvalue weighted by Crippen LogP contribution is 2.35. The first-order valence-electron chi connectivity index (χ1n) is 10.8. The van der Waals surface area contributed by atoms with Crippen LogP contribution in [0.2, 0.25) is 0 Å². The van der Waals surface area contributed by atoms with Crippen LogP contribution in [0.15, 0.2) is 63.9 Å². The standard InChI is InChI=1S/C25H20N2O9S/c1-33-21-11-15(6-8-19(21)35-14-18-7-9-20(36-18)24(29)34-2)12-22-23(28)26(25(30)37-22)13-16-4-3-5-17(10-16)27(31)32/h3-12H,13-14H2,1-2H3/b22-12+. The van der Waals surface area contributed by atoms with Crippen LogP contribution in [-0.2, 0) is 22.7 Å². The molecule has 0 radical (unpaired) electrons. The summed E-state index contributed by atoms with van der Waals surface area (Å²) < 4.78 is 21.1. The zero-order valence-electron chi connectivity index (χ0n) is 19.7. The molecule has 0 aliphatic carbocycles. The number of rotatable bonds is 9. The summed E-state index contributed by atoms with van der Waals surface area (Å²) in [5.74, 6) is 0.147. The fraction of sp³-hybridized carbons (Fsp3) is 0.160. The molecule has 1 aromatic heterocycles. The molecule has 4 rings (SSSR count). The summed E-state index contributed by atoms with van der Waals surface area (Å²) in [4.78, 5) is 48.6. The molecule has 0 N–H and O–H groups in total. The molecule has 12 heteroatoms. The predicted octanol–water partition coefficient (Wildman–Crippen LogP) is 4.80. The Morgan fingerprint density at radius 1 is 1.11 bits per heavy atom. The molecule has 1 fully saturated rings. The van der Waals surface area contributed by atoms with Gasteiger partial charge in [0.25, 0.3) is 16.8 Å². The van der Waals surface area contributed by atoms with Crippen molar-refractivity contribution in [2.24, 2.45) is 0 Å². The van der Waals surface area contributed by atoms with E-state index in [0.717, 1.165) is 16.7 Å². The van der Waals surface area contributed by atoms with E-state index in [1.54, 1.807) is 36.4 Å². The molecule has 2 heterocycles. The normalized spacial score (nSPS) is 14.2. The average molecular weight is 525 g/mol. The third-order valence-corrected chi connectivity index (χ3v) is 6.15. The van der Waals surface area contributed by atoms with Gasteiger partial charge in [-0.1, -0.05) is 18.2 Å². The number of thioether (sulfide) groups is 1. The zero-order chi connectivity index (χ0) is 26.5. The number of ether oxygens (including phenoxy) is 3. The Balaban J connectivity index is 1.46. The highest BCUT2D eigenvalue weighted by Gasteiger charge is 2.35. The smallest absolute Gasteiger partial charge is 0.373 e. The molecule has 1 saturated heterocycles. The maximum Gasteiger partial charge on any atom is 0.373 e. The summed E-state index contributed by atoms with van der Waals surface area (Å²) in [6.07, 6.45) is 1.56. The van der Waals surface area contributed by atoms with Crippen molar-refractivity contribution in [1.29, 1.82) is 0 Å². The van der Waals surface area contributed by atoms with Crippen LogP contribution in [-0.4, -0.2) is 41.2 Å². The number of benzene rings is 2. The summed E-state index contributed by atoms with van der Waals surface area (Å²) >= 11 is 0.780. The average Bonchev–Trinajstić information content (AvgIpc) is 3.48. The van der Waals surface area contributed by atoms with E-state index in [1.165, 1.54) is 38.5 Å². The lowest BCUT2D eigenvalue weighted by Crippen LogP contribution is -2.27. The minimum Gasteiger partial charge on any atom is -0.493 e. The molecular weight excluding hydrogens is 504 g/mol. The number of nitro benzene ring substituents is 1. The summed E-state index contributed by atoms with van der Waals surface area (Å²) in [5, 5.41) is 10.5. The maximum absolute atomic E-state index is 12.9. The molecule has 2 aromatic carbocycles. The van der Waals surface area contributed by atoms with Crippen molar-refractivity contribution < 1.29 is 37.9 Å². The highest BCUT2D eigenvalue weighted by atomic mass is 32.2. The van der Waals surface area contributed by atoms with E-state index >= 15 is 0 Å². The minimum absolute atomic E-state index is 0.0310. The van der Waals surface area contributed by atoms with Crippen molar-refractivity contribution in [3.05, 3.63) is 92.3 Å². The van der Waals surface area contributed by atoms with Crippen molar-refractivity contribution in [2.75, 3.05) is 14.2 Å². The topological polar surface area (TPSA) is 138 Å². The largest absolute Gasteiger partial charge is 0.493 e. The van der Waals surface area contributed by atoms with Gasteiger partial charge in [0.2, 0.25) is 5.76 Å². The monoisotopic (exact) mass is 524 g/mol. The van der Waals surface area contributed by atoms with Gasteiger partial charge in [0.05, 0.1) is 30.6 Å². The van der Waals surface area contributed by atoms with Gasteiger partial charge < -0.3 is 18.6 Å². The van der Waals surface area contributed by atoms with E-state index in [0.29, 0.717) is 28.4 Å². The van der Waals surface area contributed by atoms with Crippen molar-refractivity contribution in [2.45, 2.75) is 13.2 Å². The molecule has 1 aliphatic rings. The second kappa shape index (κ2) is 11.0. The van der Waals surface area contributed by atoms with Crippen LogP contribution in [0.4, 0.5) is 10.5 Å². The number of furan rings is 1. The lowest BCUT2D eigenvalue weighted by atomic mass is 10.1. The third kappa shape index (κ3) is 5.81. The molecule has 2 amide bonds. The SMILES string of the molecule is COC(=O)c1ccc(COc2ccc(/C=C3/SC(=O)N(Cc4cccc([N+](=O)[O-])c4)C3=O)cc2OC)o1. The van der Waals surface area contributed by atoms with Crippen LogP contribution in [0, 0.1) is 10.1 Å².